The summed E-state index contributed by atoms with van der Waals surface area (Å²) in [7, 11) is -4.28. The van der Waals surface area contributed by atoms with Gasteiger partial charge in [-0.15, -0.1) is 0 Å². The second-order valence-electron chi connectivity index (χ2n) is 4.08. The van der Waals surface area contributed by atoms with Crippen LogP contribution in [0.1, 0.15) is 0 Å². The van der Waals surface area contributed by atoms with E-state index in [1.165, 1.54) is 0 Å². The van der Waals surface area contributed by atoms with Crippen molar-refractivity contribution < 1.29 is 30.7 Å². The summed E-state index contributed by atoms with van der Waals surface area (Å²) in [5, 5.41) is 0. The van der Waals surface area contributed by atoms with Crippen LogP contribution in [0.5, 0.6) is 5.75 Å². The van der Waals surface area contributed by atoms with Gasteiger partial charge in [0.1, 0.15) is 22.3 Å². The SMILES string of the molecule is O=S(=O)(Nc1ccc(OC(F)F)cc1)c1ccc(F)cc1F. The molecule has 0 atom stereocenters. The van der Waals surface area contributed by atoms with Crippen LogP contribution in [0.15, 0.2) is 47.4 Å². The van der Waals surface area contributed by atoms with Gasteiger partial charge in [-0.2, -0.15) is 8.78 Å². The van der Waals surface area contributed by atoms with Crippen molar-refractivity contribution in [2.45, 2.75) is 11.5 Å². The van der Waals surface area contributed by atoms with Gasteiger partial charge in [0.2, 0.25) is 0 Å². The first kappa shape index (κ1) is 16.1. The third-order valence-corrected chi connectivity index (χ3v) is 3.93. The van der Waals surface area contributed by atoms with Crippen LogP contribution in [0.3, 0.4) is 0 Å². The molecule has 0 aliphatic carbocycles. The second kappa shape index (κ2) is 6.22. The van der Waals surface area contributed by atoms with Crippen LogP contribution in [0.2, 0.25) is 0 Å². The quantitative estimate of drug-likeness (QED) is 0.853. The first-order valence-corrected chi connectivity index (χ1v) is 7.29. The molecule has 0 unspecified atom stereocenters. The molecule has 0 aromatic heterocycles. The fourth-order valence-electron chi connectivity index (χ4n) is 1.61. The Bertz CT molecular complexity index is 763. The molecule has 22 heavy (non-hydrogen) atoms. The molecule has 0 aliphatic heterocycles. The molecule has 2 rings (SSSR count). The Labute approximate surface area is 123 Å². The normalized spacial score (nSPS) is 11.5. The number of nitrogens with one attached hydrogen (secondary N) is 1. The summed E-state index contributed by atoms with van der Waals surface area (Å²) in [6, 6.07) is 6.58. The minimum Gasteiger partial charge on any atom is -0.435 e. The molecule has 0 radical (unpaired) electrons. The first-order valence-electron chi connectivity index (χ1n) is 5.81. The lowest BCUT2D eigenvalue weighted by atomic mass is 10.3. The Kier molecular flexibility index (Phi) is 4.55. The van der Waals surface area contributed by atoms with Gasteiger partial charge in [-0.05, 0) is 36.4 Å². The van der Waals surface area contributed by atoms with E-state index < -0.39 is 33.2 Å². The number of halogens is 4. The van der Waals surface area contributed by atoms with E-state index in [0.29, 0.717) is 6.07 Å². The standard InChI is InChI=1S/C13H9F4NO3S/c14-8-1-6-12(11(15)7-8)22(19,20)18-9-2-4-10(5-3-9)21-13(16)17/h1-7,13,18H. The van der Waals surface area contributed by atoms with E-state index in [2.05, 4.69) is 4.74 Å². The number of ether oxygens (including phenoxy) is 1. The van der Waals surface area contributed by atoms with Crippen molar-refractivity contribution in [3.05, 3.63) is 54.1 Å². The van der Waals surface area contributed by atoms with E-state index in [-0.39, 0.29) is 11.4 Å². The predicted octanol–water partition coefficient (Wildman–Crippen LogP) is 3.37. The number of hydrogen-bond donors (Lipinski definition) is 1. The van der Waals surface area contributed by atoms with Gasteiger partial charge in [0.15, 0.2) is 0 Å². The average Bonchev–Trinajstić information content (AvgIpc) is 2.39. The highest BCUT2D eigenvalue weighted by atomic mass is 32.2. The van der Waals surface area contributed by atoms with E-state index in [1.54, 1.807) is 0 Å². The molecule has 4 nitrogen and oxygen atoms in total. The summed E-state index contributed by atoms with van der Waals surface area (Å²) in [5.41, 5.74) is 0.00495. The summed E-state index contributed by atoms with van der Waals surface area (Å²) in [4.78, 5) is -0.734. The summed E-state index contributed by atoms with van der Waals surface area (Å²) < 4.78 is 80.3. The maximum absolute atomic E-state index is 13.5. The first-order chi connectivity index (χ1) is 10.3. The highest BCUT2D eigenvalue weighted by molar-refractivity contribution is 7.92. The highest BCUT2D eigenvalue weighted by Gasteiger charge is 2.19. The van der Waals surface area contributed by atoms with Crippen LogP contribution < -0.4 is 9.46 Å². The van der Waals surface area contributed by atoms with Gasteiger partial charge in [0, 0.05) is 11.8 Å². The summed E-state index contributed by atoms with van der Waals surface area (Å²) in [6.45, 7) is -3.00. The largest absolute Gasteiger partial charge is 0.435 e. The summed E-state index contributed by atoms with van der Waals surface area (Å²) in [5.74, 6) is -2.32. The molecular formula is C13H9F4NO3S. The van der Waals surface area contributed by atoms with Gasteiger partial charge < -0.3 is 4.74 Å². The molecule has 0 fully saturated rings. The van der Waals surface area contributed by atoms with Crippen LogP contribution in [-0.4, -0.2) is 15.0 Å². The van der Waals surface area contributed by atoms with Crippen LogP contribution in [0.25, 0.3) is 0 Å². The zero-order valence-electron chi connectivity index (χ0n) is 10.8. The van der Waals surface area contributed by atoms with E-state index >= 15 is 0 Å². The van der Waals surface area contributed by atoms with Gasteiger partial charge in [-0.1, -0.05) is 0 Å². The van der Waals surface area contributed by atoms with Gasteiger partial charge in [-0.25, -0.2) is 17.2 Å². The van der Waals surface area contributed by atoms with Crippen molar-refractivity contribution in [2.75, 3.05) is 4.72 Å². The molecule has 0 aliphatic rings. The number of anilines is 1. The minimum absolute atomic E-state index is 0.00495. The van der Waals surface area contributed by atoms with Crippen LogP contribution >= 0.6 is 0 Å². The average molecular weight is 335 g/mol. The summed E-state index contributed by atoms with van der Waals surface area (Å²) >= 11 is 0. The number of rotatable bonds is 5. The molecule has 0 amide bonds. The molecule has 2 aromatic rings. The number of sulfonamides is 1. The lowest BCUT2D eigenvalue weighted by molar-refractivity contribution is -0.0498. The van der Waals surface area contributed by atoms with Crippen molar-refractivity contribution in [3.8, 4) is 5.75 Å². The fraction of sp³-hybridized carbons (Fsp3) is 0.0769. The Morgan fingerprint density at radius 1 is 1.00 bits per heavy atom. The van der Waals surface area contributed by atoms with Crippen molar-refractivity contribution >= 4 is 15.7 Å². The third-order valence-electron chi connectivity index (χ3n) is 2.52. The van der Waals surface area contributed by atoms with E-state index in [1.807, 2.05) is 4.72 Å². The van der Waals surface area contributed by atoms with Crippen molar-refractivity contribution in [1.82, 2.24) is 0 Å². The smallest absolute Gasteiger partial charge is 0.387 e. The van der Waals surface area contributed by atoms with Crippen LogP contribution in [-0.2, 0) is 10.0 Å². The number of hydrogen-bond acceptors (Lipinski definition) is 3. The van der Waals surface area contributed by atoms with Crippen molar-refractivity contribution in [3.63, 3.8) is 0 Å². The molecular weight excluding hydrogens is 326 g/mol. The molecule has 2 aromatic carbocycles. The van der Waals surface area contributed by atoms with Gasteiger partial charge in [-0.3, -0.25) is 4.72 Å². The zero-order chi connectivity index (χ0) is 16.3. The predicted molar refractivity (Wildman–Crippen MR) is 70.2 cm³/mol. The third kappa shape index (κ3) is 3.88. The molecule has 0 spiro atoms. The van der Waals surface area contributed by atoms with Crippen molar-refractivity contribution in [1.29, 1.82) is 0 Å². The fourth-order valence-corrected chi connectivity index (χ4v) is 2.73. The zero-order valence-corrected chi connectivity index (χ0v) is 11.6. The lowest BCUT2D eigenvalue weighted by Crippen LogP contribution is -2.14. The Balaban J connectivity index is 2.21. The molecule has 9 heteroatoms. The maximum atomic E-state index is 13.5. The summed E-state index contributed by atoms with van der Waals surface area (Å²) in [6.07, 6.45) is 0. The highest BCUT2D eigenvalue weighted by Crippen LogP contribution is 2.22. The van der Waals surface area contributed by atoms with E-state index in [0.717, 1.165) is 36.4 Å². The second-order valence-corrected chi connectivity index (χ2v) is 5.73. The molecule has 118 valence electrons. The Morgan fingerprint density at radius 2 is 1.64 bits per heavy atom. The number of benzene rings is 2. The van der Waals surface area contributed by atoms with E-state index in [4.69, 9.17) is 0 Å². The number of alkyl halides is 2. The van der Waals surface area contributed by atoms with Crippen LogP contribution in [0.4, 0.5) is 23.2 Å². The Morgan fingerprint density at radius 3 is 2.18 bits per heavy atom. The molecule has 0 bridgehead atoms. The molecule has 0 saturated heterocycles. The lowest BCUT2D eigenvalue weighted by Gasteiger charge is -2.10. The maximum Gasteiger partial charge on any atom is 0.387 e. The monoisotopic (exact) mass is 335 g/mol. The molecule has 1 N–H and O–H groups in total. The Hall–Kier alpha value is -2.29. The van der Waals surface area contributed by atoms with Gasteiger partial charge >= 0.3 is 6.61 Å². The topological polar surface area (TPSA) is 55.4 Å². The van der Waals surface area contributed by atoms with E-state index in [9.17, 15) is 26.0 Å². The molecule has 0 saturated carbocycles. The van der Waals surface area contributed by atoms with Gasteiger partial charge in [0.25, 0.3) is 10.0 Å². The molecule has 0 heterocycles. The van der Waals surface area contributed by atoms with Crippen LogP contribution in [0, 0.1) is 11.6 Å². The minimum atomic E-state index is -4.28. The van der Waals surface area contributed by atoms with Crippen molar-refractivity contribution in [2.24, 2.45) is 0 Å². The van der Waals surface area contributed by atoms with Gasteiger partial charge in [0.05, 0.1) is 0 Å².